The van der Waals surface area contributed by atoms with Gasteiger partial charge in [0.2, 0.25) is 0 Å². The molecular formula is C17H21FN3O3S2+. The molecule has 2 N–H and O–H groups in total. The number of nitrogens with one attached hydrogen (secondary N) is 2. The number of sulfonamides is 1. The van der Waals surface area contributed by atoms with Crippen LogP contribution in [0.2, 0.25) is 0 Å². The van der Waals surface area contributed by atoms with Crippen LogP contribution in [0.15, 0.2) is 46.0 Å². The van der Waals surface area contributed by atoms with Crippen molar-refractivity contribution in [3.05, 3.63) is 47.6 Å². The van der Waals surface area contributed by atoms with Crippen molar-refractivity contribution in [2.75, 3.05) is 31.5 Å². The molecule has 3 rings (SSSR count). The number of benzene rings is 1. The molecule has 0 bridgehead atoms. The van der Waals surface area contributed by atoms with E-state index >= 15 is 0 Å². The summed E-state index contributed by atoms with van der Waals surface area (Å²) in [6.45, 7) is 3.53. The van der Waals surface area contributed by atoms with Gasteiger partial charge in [0.05, 0.1) is 31.9 Å². The van der Waals surface area contributed by atoms with Crippen molar-refractivity contribution in [2.45, 2.75) is 17.2 Å². The summed E-state index contributed by atoms with van der Waals surface area (Å²) in [5, 5.41) is 4.35. The molecule has 0 radical (unpaired) electrons. The highest BCUT2D eigenvalue weighted by Crippen LogP contribution is 2.20. The van der Waals surface area contributed by atoms with Gasteiger partial charge in [0, 0.05) is 0 Å². The molecule has 2 aromatic rings. The molecule has 9 heteroatoms. The van der Waals surface area contributed by atoms with Gasteiger partial charge in [-0.1, -0.05) is 18.2 Å². The lowest BCUT2D eigenvalue weighted by atomic mass is 10.2. The summed E-state index contributed by atoms with van der Waals surface area (Å²) >= 11 is 1.20. The van der Waals surface area contributed by atoms with Crippen LogP contribution in [-0.2, 0) is 14.8 Å². The summed E-state index contributed by atoms with van der Waals surface area (Å²) in [6.07, 6.45) is 0. The summed E-state index contributed by atoms with van der Waals surface area (Å²) in [6, 6.07) is 8.94. The van der Waals surface area contributed by atoms with E-state index in [0.717, 1.165) is 4.90 Å². The third-order valence-corrected chi connectivity index (χ3v) is 7.86. The number of quaternary nitrogens is 1. The third-order valence-electron chi connectivity index (χ3n) is 4.59. The Hall–Kier alpha value is -1.81. The van der Waals surface area contributed by atoms with Gasteiger partial charge in [0.1, 0.15) is 10.0 Å². The fourth-order valence-electron chi connectivity index (χ4n) is 2.97. The van der Waals surface area contributed by atoms with E-state index in [-0.39, 0.29) is 11.6 Å². The zero-order valence-electron chi connectivity index (χ0n) is 14.3. The van der Waals surface area contributed by atoms with E-state index < -0.39 is 21.9 Å². The number of anilines is 1. The van der Waals surface area contributed by atoms with Crippen LogP contribution < -0.4 is 10.2 Å². The summed E-state index contributed by atoms with van der Waals surface area (Å²) in [5.74, 6) is -0.755. The summed E-state index contributed by atoms with van der Waals surface area (Å²) in [7, 11) is -3.45. The van der Waals surface area contributed by atoms with E-state index in [4.69, 9.17) is 0 Å². The van der Waals surface area contributed by atoms with E-state index in [1.54, 1.807) is 36.6 Å². The highest BCUT2D eigenvalue weighted by molar-refractivity contribution is 7.91. The van der Waals surface area contributed by atoms with Gasteiger partial charge in [-0.3, -0.25) is 4.79 Å². The first-order valence-electron chi connectivity index (χ1n) is 8.33. The average Bonchev–Trinajstić information content (AvgIpc) is 3.18. The summed E-state index contributed by atoms with van der Waals surface area (Å²) in [5.41, 5.74) is 0.155. The second kappa shape index (κ2) is 7.83. The number of carbonyl (C=O) groups is 1. The highest BCUT2D eigenvalue weighted by Gasteiger charge is 2.34. The van der Waals surface area contributed by atoms with Crippen LogP contribution in [0.25, 0.3) is 0 Å². The standard InChI is InChI=1S/C17H20FN3O3S2/c1-13(17(22)19-15-6-3-2-5-14(15)18)20-8-10-21(11-9-20)26(23,24)16-7-4-12-25-16/h2-7,12-13H,8-11H2,1H3,(H,19,22)/p+1/t13-/m1/s1. The lowest BCUT2D eigenvalue weighted by Gasteiger charge is -2.33. The molecule has 0 spiro atoms. The monoisotopic (exact) mass is 398 g/mol. The normalized spacial score (nSPS) is 17.8. The predicted molar refractivity (Wildman–Crippen MR) is 98.3 cm³/mol. The van der Waals surface area contributed by atoms with E-state index in [0.29, 0.717) is 30.4 Å². The molecule has 6 nitrogen and oxygen atoms in total. The number of halogens is 1. The molecule has 0 saturated carbocycles. The van der Waals surface area contributed by atoms with Gasteiger partial charge in [-0.05, 0) is 30.5 Å². The predicted octanol–water partition coefficient (Wildman–Crippen LogP) is 0.804. The third kappa shape index (κ3) is 3.96. The van der Waals surface area contributed by atoms with Crippen molar-refractivity contribution < 1.29 is 22.5 Å². The largest absolute Gasteiger partial charge is 0.323 e. The Bertz CT molecular complexity index is 863. The SMILES string of the molecule is C[C@H](C(=O)Nc1ccccc1F)[NH+]1CCN(S(=O)(=O)c2cccs2)CC1. The molecule has 1 aliphatic rings. The van der Waals surface area contributed by atoms with Gasteiger partial charge in [0.25, 0.3) is 15.9 Å². The fraction of sp³-hybridized carbons (Fsp3) is 0.353. The molecule has 0 aliphatic carbocycles. The lowest BCUT2D eigenvalue weighted by molar-refractivity contribution is -0.917. The number of hydrogen-bond acceptors (Lipinski definition) is 4. The molecule has 2 heterocycles. The van der Waals surface area contributed by atoms with Crippen LogP contribution >= 0.6 is 11.3 Å². The van der Waals surface area contributed by atoms with Gasteiger partial charge >= 0.3 is 0 Å². The molecule has 26 heavy (non-hydrogen) atoms. The molecule has 1 fully saturated rings. The lowest BCUT2D eigenvalue weighted by Crippen LogP contribution is -3.19. The second-order valence-electron chi connectivity index (χ2n) is 6.19. The number of rotatable bonds is 5. The van der Waals surface area contributed by atoms with Crippen LogP contribution in [-0.4, -0.2) is 50.9 Å². The van der Waals surface area contributed by atoms with Crippen LogP contribution in [0.1, 0.15) is 6.92 Å². The van der Waals surface area contributed by atoms with Gasteiger partial charge in [-0.25, -0.2) is 12.8 Å². The molecule has 1 aliphatic heterocycles. The minimum Gasteiger partial charge on any atom is -0.323 e. The molecule has 1 atom stereocenters. The van der Waals surface area contributed by atoms with Crippen molar-refractivity contribution in [3.63, 3.8) is 0 Å². The Balaban J connectivity index is 1.59. The zero-order valence-corrected chi connectivity index (χ0v) is 15.9. The molecule has 1 saturated heterocycles. The Morgan fingerprint density at radius 2 is 1.92 bits per heavy atom. The topological polar surface area (TPSA) is 70.9 Å². The van der Waals surface area contributed by atoms with Crippen molar-refractivity contribution in [2.24, 2.45) is 0 Å². The number of piperazine rings is 1. The maximum absolute atomic E-state index is 13.7. The molecule has 140 valence electrons. The van der Waals surface area contributed by atoms with E-state index in [1.807, 2.05) is 0 Å². The van der Waals surface area contributed by atoms with Crippen LogP contribution in [0.3, 0.4) is 0 Å². The Morgan fingerprint density at radius 3 is 2.54 bits per heavy atom. The van der Waals surface area contributed by atoms with Crippen molar-refractivity contribution in [1.82, 2.24) is 4.31 Å². The molecular weight excluding hydrogens is 377 g/mol. The Labute approximate surface area is 156 Å². The maximum Gasteiger partial charge on any atom is 0.282 e. The van der Waals surface area contributed by atoms with E-state index in [2.05, 4.69) is 5.32 Å². The number of para-hydroxylation sites is 1. The number of nitrogens with zero attached hydrogens (tertiary/aromatic N) is 1. The average molecular weight is 399 g/mol. The van der Waals surface area contributed by atoms with Crippen LogP contribution in [0, 0.1) is 5.82 Å². The van der Waals surface area contributed by atoms with Crippen molar-refractivity contribution >= 4 is 33.0 Å². The van der Waals surface area contributed by atoms with Crippen LogP contribution in [0.5, 0.6) is 0 Å². The Kier molecular flexibility index (Phi) is 5.71. The number of carbonyl (C=O) groups excluding carboxylic acids is 1. The fourth-order valence-corrected chi connectivity index (χ4v) is 5.56. The molecule has 0 unspecified atom stereocenters. The van der Waals surface area contributed by atoms with Crippen LogP contribution in [0.4, 0.5) is 10.1 Å². The zero-order chi connectivity index (χ0) is 18.7. The second-order valence-corrected chi connectivity index (χ2v) is 9.30. The maximum atomic E-state index is 13.7. The summed E-state index contributed by atoms with van der Waals surface area (Å²) in [4.78, 5) is 13.4. The first-order valence-corrected chi connectivity index (χ1v) is 10.6. The van der Waals surface area contributed by atoms with Gasteiger partial charge in [-0.2, -0.15) is 4.31 Å². The van der Waals surface area contributed by atoms with Crippen molar-refractivity contribution in [3.8, 4) is 0 Å². The van der Waals surface area contributed by atoms with E-state index in [1.165, 1.54) is 27.8 Å². The number of thiophene rings is 1. The van der Waals surface area contributed by atoms with Gasteiger partial charge < -0.3 is 10.2 Å². The van der Waals surface area contributed by atoms with Crippen molar-refractivity contribution in [1.29, 1.82) is 0 Å². The molecule has 1 aromatic heterocycles. The molecule has 1 amide bonds. The Morgan fingerprint density at radius 1 is 1.23 bits per heavy atom. The van der Waals surface area contributed by atoms with Gasteiger partial charge in [0.15, 0.2) is 6.04 Å². The number of hydrogen-bond donors (Lipinski definition) is 2. The smallest absolute Gasteiger partial charge is 0.282 e. The van der Waals surface area contributed by atoms with E-state index in [9.17, 15) is 17.6 Å². The first kappa shape index (κ1) is 19.0. The molecule has 1 aromatic carbocycles. The quantitative estimate of drug-likeness (QED) is 0.783. The summed E-state index contributed by atoms with van der Waals surface area (Å²) < 4.78 is 40.6. The first-order chi connectivity index (χ1) is 12.4. The minimum absolute atomic E-state index is 0.155. The van der Waals surface area contributed by atoms with Gasteiger partial charge in [-0.15, -0.1) is 11.3 Å². The highest BCUT2D eigenvalue weighted by atomic mass is 32.2. The number of amides is 1. The minimum atomic E-state index is -3.45.